The summed E-state index contributed by atoms with van der Waals surface area (Å²) >= 11 is 6.10. The fraction of sp³-hybridized carbons (Fsp3) is 0.333. The number of benzene rings is 1. The topological polar surface area (TPSA) is 78.0 Å². The zero-order valence-electron chi connectivity index (χ0n) is 11.8. The number of aromatic nitrogens is 2. The second-order valence-corrected chi connectivity index (χ2v) is 5.15. The molecule has 3 N–H and O–H groups in total. The summed E-state index contributed by atoms with van der Waals surface area (Å²) in [5.41, 5.74) is 1.79. The van der Waals surface area contributed by atoms with Gasteiger partial charge in [0.25, 0.3) is 0 Å². The summed E-state index contributed by atoms with van der Waals surface area (Å²) in [6.07, 6.45) is 3.05. The molecule has 2 aromatic rings. The number of unbranched alkanes of at least 4 members (excludes halogenated alkanes) is 1. The van der Waals surface area contributed by atoms with E-state index in [1.807, 2.05) is 6.07 Å². The molecule has 0 fully saturated rings. The molecule has 1 aromatic carbocycles. The molecule has 2 rings (SSSR count). The largest absolute Gasteiger partial charge is 0.478 e. The van der Waals surface area contributed by atoms with Gasteiger partial charge >= 0.3 is 5.97 Å². The van der Waals surface area contributed by atoms with Crippen molar-refractivity contribution in [1.29, 1.82) is 0 Å². The highest BCUT2D eigenvalue weighted by atomic mass is 35.5. The van der Waals surface area contributed by atoms with E-state index in [4.69, 9.17) is 16.7 Å². The van der Waals surface area contributed by atoms with E-state index in [1.54, 1.807) is 18.2 Å². The number of aromatic amines is 1. The van der Waals surface area contributed by atoms with Crippen molar-refractivity contribution in [3.63, 3.8) is 0 Å². The lowest BCUT2D eigenvalue weighted by Crippen LogP contribution is -2.02. The Morgan fingerprint density at radius 3 is 3.00 bits per heavy atom. The first kappa shape index (κ1) is 15.4. The Kier molecular flexibility index (Phi) is 5.22. The molecular formula is C15H18ClN3O2. The minimum Gasteiger partial charge on any atom is -0.478 e. The van der Waals surface area contributed by atoms with E-state index in [2.05, 4.69) is 22.2 Å². The fourth-order valence-electron chi connectivity index (χ4n) is 1.97. The van der Waals surface area contributed by atoms with Crippen LogP contribution in [0.2, 0.25) is 5.15 Å². The number of aryl methyl sites for hydroxylation is 1. The van der Waals surface area contributed by atoms with Gasteiger partial charge in [0, 0.05) is 12.1 Å². The van der Waals surface area contributed by atoms with Crippen LogP contribution in [0.1, 0.15) is 41.6 Å². The molecule has 112 valence electrons. The number of rotatable bonds is 7. The quantitative estimate of drug-likeness (QED) is 0.728. The first-order valence-electron chi connectivity index (χ1n) is 6.90. The molecular weight excluding hydrogens is 290 g/mol. The first-order valence-corrected chi connectivity index (χ1v) is 7.28. The van der Waals surface area contributed by atoms with Crippen LogP contribution in [0.5, 0.6) is 0 Å². The summed E-state index contributed by atoms with van der Waals surface area (Å²) in [7, 11) is 0. The van der Waals surface area contributed by atoms with Crippen molar-refractivity contribution >= 4 is 23.3 Å². The molecule has 1 heterocycles. The number of imidazole rings is 1. The number of carbonyl (C=O) groups is 1. The molecule has 0 radical (unpaired) electrons. The van der Waals surface area contributed by atoms with Crippen molar-refractivity contribution in [3.8, 4) is 0 Å². The maximum absolute atomic E-state index is 10.9. The third-order valence-corrected chi connectivity index (χ3v) is 3.44. The second kappa shape index (κ2) is 7.13. The van der Waals surface area contributed by atoms with Crippen molar-refractivity contribution < 1.29 is 9.90 Å². The van der Waals surface area contributed by atoms with Gasteiger partial charge in [-0.1, -0.05) is 31.0 Å². The van der Waals surface area contributed by atoms with E-state index in [-0.39, 0.29) is 5.56 Å². The third-order valence-electron chi connectivity index (χ3n) is 3.12. The Hall–Kier alpha value is -2.01. The molecule has 0 bridgehead atoms. The smallest absolute Gasteiger partial charge is 0.335 e. The first-order chi connectivity index (χ1) is 10.1. The van der Waals surface area contributed by atoms with E-state index < -0.39 is 5.97 Å². The molecule has 6 heteroatoms. The maximum atomic E-state index is 10.9. The molecule has 0 aliphatic carbocycles. The van der Waals surface area contributed by atoms with E-state index in [9.17, 15) is 4.79 Å². The maximum Gasteiger partial charge on any atom is 0.335 e. The molecule has 0 saturated carbocycles. The van der Waals surface area contributed by atoms with Crippen molar-refractivity contribution in [2.24, 2.45) is 0 Å². The number of hydrogen-bond donors (Lipinski definition) is 3. The van der Waals surface area contributed by atoms with Crippen molar-refractivity contribution in [1.82, 2.24) is 9.97 Å². The Balaban J connectivity index is 2.01. The number of anilines is 1. The van der Waals surface area contributed by atoms with Gasteiger partial charge in [0.15, 0.2) is 5.15 Å². The molecule has 1 aromatic heterocycles. The van der Waals surface area contributed by atoms with Crippen LogP contribution < -0.4 is 5.32 Å². The number of nitrogens with zero attached hydrogens (tertiary/aromatic N) is 1. The fourth-order valence-corrected chi connectivity index (χ4v) is 2.19. The van der Waals surface area contributed by atoms with E-state index in [0.29, 0.717) is 11.7 Å². The molecule has 0 amide bonds. The normalized spacial score (nSPS) is 10.6. The van der Waals surface area contributed by atoms with Crippen LogP contribution in [-0.4, -0.2) is 21.0 Å². The summed E-state index contributed by atoms with van der Waals surface area (Å²) in [6.45, 7) is 2.60. The predicted molar refractivity (Wildman–Crippen MR) is 82.9 cm³/mol. The number of halogens is 1. The van der Waals surface area contributed by atoms with E-state index in [1.165, 1.54) is 0 Å². The highest BCUT2D eigenvalue weighted by Gasteiger charge is 2.08. The van der Waals surface area contributed by atoms with Crippen molar-refractivity contribution in [3.05, 3.63) is 46.5 Å². The van der Waals surface area contributed by atoms with Crippen LogP contribution in [-0.2, 0) is 13.0 Å². The monoisotopic (exact) mass is 307 g/mol. The Bertz CT molecular complexity index is 625. The van der Waals surface area contributed by atoms with Crippen LogP contribution in [0.15, 0.2) is 24.3 Å². The summed E-state index contributed by atoms with van der Waals surface area (Å²) in [5.74, 6) is -0.0574. The summed E-state index contributed by atoms with van der Waals surface area (Å²) in [6, 6.07) is 6.66. The Morgan fingerprint density at radius 2 is 2.29 bits per heavy atom. The average molecular weight is 308 g/mol. The average Bonchev–Trinajstić information content (AvgIpc) is 2.83. The molecule has 0 spiro atoms. The third kappa shape index (κ3) is 4.23. The lowest BCUT2D eigenvalue weighted by Gasteiger charge is -2.06. The zero-order valence-corrected chi connectivity index (χ0v) is 12.6. The standard InChI is InChI=1S/C15H18ClN3O2/c1-2-3-7-13-18-12(14(16)19-13)9-17-11-6-4-5-10(8-11)15(20)21/h4-6,8,17H,2-3,7,9H2,1H3,(H,18,19)(H,20,21). The van der Waals surface area contributed by atoms with Crippen molar-refractivity contribution in [2.45, 2.75) is 32.7 Å². The number of carboxylic acid groups (broad SMARTS) is 1. The van der Waals surface area contributed by atoms with E-state index >= 15 is 0 Å². The molecule has 0 aliphatic heterocycles. The summed E-state index contributed by atoms with van der Waals surface area (Å²) in [4.78, 5) is 18.4. The van der Waals surface area contributed by atoms with Gasteiger partial charge in [0.05, 0.1) is 17.8 Å². The molecule has 21 heavy (non-hydrogen) atoms. The molecule has 0 aliphatic rings. The number of carboxylic acids is 1. The highest BCUT2D eigenvalue weighted by Crippen LogP contribution is 2.17. The Morgan fingerprint density at radius 1 is 1.48 bits per heavy atom. The van der Waals surface area contributed by atoms with Crippen molar-refractivity contribution in [2.75, 3.05) is 5.32 Å². The molecule has 0 atom stereocenters. The summed E-state index contributed by atoms with van der Waals surface area (Å²) < 4.78 is 0. The van der Waals surface area contributed by atoms with Gasteiger partial charge in [-0.25, -0.2) is 9.78 Å². The van der Waals surface area contributed by atoms with E-state index in [0.717, 1.165) is 36.5 Å². The van der Waals surface area contributed by atoms with Gasteiger partial charge in [-0.15, -0.1) is 0 Å². The SMILES string of the molecule is CCCCc1nc(Cl)c(CNc2cccc(C(=O)O)c2)[nH]1. The van der Waals surface area contributed by atoms with Crippen LogP contribution in [0, 0.1) is 0 Å². The lowest BCUT2D eigenvalue weighted by atomic mass is 10.2. The molecule has 0 saturated heterocycles. The minimum absolute atomic E-state index is 0.249. The van der Waals surface area contributed by atoms with Gasteiger partial charge in [-0.3, -0.25) is 0 Å². The minimum atomic E-state index is -0.944. The number of hydrogen-bond acceptors (Lipinski definition) is 3. The van der Waals surface area contributed by atoms with Gasteiger partial charge < -0.3 is 15.4 Å². The van der Waals surface area contributed by atoms with Gasteiger partial charge in [0.2, 0.25) is 0 Å². The highest BCUT2D eigenvalue weighted by molar-refractivity contribution is 6.30. The zero-order chi connectivity index (χ0) is 15.2. The second-order valence-electron chi connectivity index (χ2n) is 4.80. The van der Waals surface area contributed by atoms with Crippen LogP contribution in [0.3, 0.4) is 0 Å². The number of nitrogens with one attached hydrogen (secondary N) is 2. The van der Waals surface area contributed by atoms with Crippen LogP contribution in [0.4, 0.5) is 5.69 Å². The predicted octanol–water partition coefficient (Wildman–Crippen LogP) is 3.72. The lowest BCUT2D eigenvalue weighted by molar-refractivity contribution is 0.0697. The van der Waals surface area contributed by atoms with Crippen LogP contribution >= 0.6 is 11.6 Å². The number of aromatic carboxylic acids is 1. The van der Waals surface area contributed by atoms with Crippen LogP contribution in [0.25, 0.3) is 0 Å². The van der Waals surface area contributed by atoms with Gasteiger partial charge in [-0.05, 0) is 24.6 Å². The van der Waals surface area contributed by atoms with Gasteiger partial charge in [-0.2, -0.15) is 0 Å². The molecule has 0 unspecified atom stereocenters. The summed E-state index contributed by atoms with van der Waals surface area (Å²) in [5, 5.41) is 12.6. The molecule has 5 nitrogen and oxygen atoms in total. The van der Waals surface area contributed by atoms with Gasteiger partial charge in [0.1, 0.15) is 5.82 Å². The Labute approximate surface area is 128 Å². The number of H-pyrrole nitrogens is 1.